The highest BCUT2D eigenvalue weighted by molar-refractivity contribution is 6.42. The van der Waals surface area contributed by atoms with Crippen LogP contribution in [-0.2, 0) is 0 Å². The number of aryl methyl sites for hydroxylation is 1. The van der Waals surface area contributed by atoms with Crippen LogP contribution in [0.15, 0.2) is 36.4 Å². The Morgan fingerprint density at radius 1 is 1.11 bits per heavy atom. The van der Waals surface area contributed by atoms with Crippen LogP contribution in [-0.4, -0.2) is 12.2 Å². The van der Waals surface area contributed by atoms with Gasteiger partial charge in [-0.15, -0.1) is 0 Å². The molecule has 0 heterocycles. The standard InChI is InChI=1S/C15H14Cl2O2/c1-9-6-7-13(19-2)11(8-9)15(18)10-4-3-5-12(16)14(10)17/h3-8,15,18H,1-2H3. The SMILES string of the molecule is COc1ccc(C)cc1C(O)c1cccc(Cl)c1Cl. The molecule has 0 spiro atoms. The number of hydrogen-bond donors (Lipinski definition) is 1. The van der Waals surface area contributed by atoms with E-state index in [1.807, 2.05) is 25.1 Å². The largest absolute Gasteiger partial charge is 0.496 e. The Morgan fingerprint density at radius 2 is 1.84 bits per heavy atom. The zero-order valence-electron chi connectivity index (χ0n) is 10.7. The molecule has 2 nitrogen and oxygen atoms in total. The third-order valence-corrected chi connectivity index (χ3v) is 3.79. The molecule has 0 fully saturated rings. The molecule has 0 aliphatic heterocycles. The van der Waals surface area contributed by atoms with E-state index < -0.39 is 6.10 Å². The molecule has 0 aliphatic rings. The maximum atomic E-state index is 10.5. The Bertz CT molecular complexity index is 597. The lowest BCUT2D eigenvalue weighted by Gasteiger charge is -2.17. The molecule has 1 unspecified atom stereocenters. The van der Waals surface area contributed by atoms with Gasteiger partial charge in [-0.3, -0.25) is 0 Å². The second-order valence-electron chi connectivity index (χ2n) is 4.29. The van der Waals surface area contributed by atoms with Crippen LogP contribution in [0.5, 0.6) is 5.75 Å². The molecule has 2 aromatic rings. The lowest BCUT2D eigenvalue weighted by Crippen LogP contribution is -2.03. The molecule has 19 heavy (non-hydrogen) atoms. The van der Waals surface area contributed by atoms with Gasteiger partial charge in [-0.1, -0.05) is 47.0 Å². The Labute approximate surface area is 122 Å². The summed E-state index contributed by atoms with van der Waals surface area (Å²) in [5.74, 6) is 0.620. The van der Waals surface area contributed by atoms with Gasteiger partial charge in [-0.2, -0.15) is 0 Å². The van der Waals surface area contributed by atoms with E-state index in [2.05, 4.69) is 0 Å². The van der Waals surface area contributed by atoms with Gasteiger partial charge in [0.2, 0.25) is 0 Å². The molecule has 0 aromatic heterocycles. The molecule has 1 N–H and O–H groups in total. The van der Waals surface area contributed by atoms with Crippen LogP contribution in [0.3, 0.4) is 0 Å². The second kappa shape index (κ2) is 5.83. The third-order valence-electron chi connectivity index (χ3n) is 2.96. The fourth-order valence-electron chi connectivity index (χ4n) is 1.97. The fraction of sp³-hybridized carbons (Fsp3) is 0.200. The quantitative estimate of drug-likeness (QED) is 0.910. The van der Waals surface area contributed by atoms with Crippen molar-refractivity contribution in [1.82, 2.24) is 0 Å². The van der Waals surface area contributed by atoms with Crippen molar-refractivity contribution in [2.75, 3.05) is 7.11 Å². The topological polar surface area (TPSA) is 29.5 Å². The minimum Gasteiger partial charge on any atom is -0.496 e. The van der Waals surface area contributed by atoms with Gasteiger partial charge >= 0.3 is 0 Å². The average molecular weight is 297 g/mol. The summed E-state index contributed by atoms with van der Waals surface area (Å²) in [7, 11) is 1.57. The molecule has 0 bridgehead atoms. The molecule has 0 saturated carbocycles. The summed E-state index contributed by atoms with van der Waals surface area (Å²) < 4.78 is 5.28. The summed E-state index contributed by atoms with van der Waals surface area (Å²) in [6, 6.07) is 10.8. The van der Waals surface area contributed by atoms with Gasteiger partial charge in [0.25, 0.3) is 0 Å². The molecule has 0 aliphatic carbocycles. The zero-order chi connectivity index (χ0) is 14.0. The van der Waals surface area contributed by atoms with Gasteiger partial charge in [0, 0.05) is 11.1 Å². The van der Waals surface area contributed by atoms with Crippen molar-refractivity contribution in [3.8, 4) is 5.75 Å². The number of benzene rings is 2. The van der Waals surface area contributed by atoms with E-state index in [1.165, 1.54) is 0 Å². The van der Waals surface area contributed by atoms with Gasteiger partial charge in [0.05, 0.1) is 17.2 Å². The number of aliphatic hydroxyl groups is 1. The first-order valence-corrected chi connectivity index (χ1v) is 6.56. The van der Waals surface area contributed by atoms with Crippen LogP contribution >= 0.6 is 23.2 Å². The molecule has 0 saturated heterocycles. The van der Waals surface area contributed by atoms with Gasteiger partial charge in [0.1, 0.15) is 11.9 Å². The van der Waals surface area contributed by atoms with Crippen molar-refractivity contribution in [2.45, 2.75) is 13.0 Å². The lowest BCUT2D eigenvalue weighted by atomic mass is 9.99. The van der Waals surface area contributed by atoms with Gasteiger partial charge in [-0.05, 0) is 25.1 Å². The predicted molar refractivity (Wildman–Crippen MR) is 78.3 cm³/mol. The van der Waals surface area contributed by atoms with Crippen LogP contribution in [0, 0.1) is 6.92 Å². The van der Waals surface area contributed by atoms with E-state index in [0.717, 1.165) is 5.56 Å². The molecular formula is C15H14Cl2O2. The molecule has 0 radical (unpaired) electrons. The molecule has 100 valence electrons. The lowest BCUT2D eigenvalue weighted by molar-refractivity contribution is 0.215. The Balaban J connectivity index is 2.52. The van der Waals surface area contributed by atoms with Gasteiger partial charge in [0.15, 0.2) is 0 Å². The molecule has 4 heteroatoms. The number of halogens is 2. The third kappa shape index (κ3) is 2.86. The number of aliphatic hydroxyl groups excluding tert-OH is 1. The minimum absolute atomic E-state index is 0.361. The van der Waals surface area contributed by atoms with E-state index in [1.54, 1.807) is 25.3 Å². The molecule has 2 rings (SSSR count). The molecule has 0 amide bonds. The van der Waals surface area contributed by atoms with E-state index in [-0.39, 0.29) is 0 Å². The predicted octanol–water partition coefficient (Wildman–Crippen LogP) is 4.39. The zero-order valence-corrected chi connectivity index (χ0v) is 12.2. The summed E-state index contributed by atoms with van der Waals surface area (Å²) in [5.41, 5.74) is 2.28. The monoisotopic (exact) mass is 296 g/mol. The maximum absolute atomic E-state index is 10.5. The number of methoxy groups -OCH3 is 1. The molecule has 2 aromatic carbocycles. The minimum atomic E-state index is -0.874. The fourth-order valence-corrected chi connectivity index (χ4v) is 2.38. The number of ether oxygens (including phenoxy) is 1. The number of hydrogen-bond acceptors (Lipinski definition) is 2. The summed E-state index contributed by atoms with van der Waals surface area (Å²) in [5, 5.41) is 11.3. The van der Waals surface area contributed by atoms with Crippen LogP contribution in [0.25, 0.3) is 0 Å². The molecule has 1 atom stereocenters. The maximum Gasteiger partial charge on any atom is 0.125 e. The number of rotatable bonds is 3. The highest BCUT2D eigenvalue weighted by Crippen LogP contribution is 2.36. The molecular weight excluding hydrogens is 283 g/mol. The van der Waals surface area contributed by atoms with Crippen molar-refractivity contribution < 1.29 is 9.84 Å². The van der Waals surface area contributed by atoms with Crippen molar-refractivity contribution in [1.29, 1.82) is 0 Å². The first kappa shape index (κ1) is 14.2. The summed E-state index contributed by atoms with van der Waals surface area (Å²) in [6.07, 6.45) is -0.874. The van der Waals surface area contributed by atoms with Crippen LogP contribution in [0.4, 0.5) is 0 Å². The van der Waals surface area contributed by atoms with E-state index in [9.17, 15) is 5.11 Å². The Hall–Kier alpha value is -1.22. The summed E-state index contributed by atoms with van der Waals surface area (Å²) in [4.78, 5) is 0. The second-order valence-corrected chi connectivity index (χ2v) is 5.08. The first-order chi connectivity index (χ1) is 9.04. The van der Waals surface area contributed by atoms with Crippen LogP contribution < -0.4 is 4.74 Å². The van der Waals surface area contributed by atoms with Crippen molar-refractivity contribution in [2.24, 2.45) is 0 Å². The Morgan fingerprint density at radius 3 is 2.53 bits per heavy atom. The average Bonchev–Trinajstić information content (AvgIpc) is 2.41. The van der Waals surface area contributed by atoms with Crippen LogP contribution in [0.1, 0.15) is 22.8 Å². The van der Waals surface area contributed by atoms with E-state index in [4.69, 9.17) is 27.9 Å². The Kier molecular flexibility index (Phi) is 4.35. The van der Waals surface area contributed by atoms with Crippen LogP contribution in [0.2, 0.25) is 10.0 Å². The summed E-state index contributed by atoms with van der Waals surface area (Å²) in [6.45, 7) is 1.95. The van der Waals surface area contributed by atoms with Gasteiger partial charge in [-0.25, -0.2) is 0 Å². The van der Waals surface area contributed by atoms with E-state index >= 15 is 0 Å². The smallest absolute Gasteiger partial charge is 0.125 e. The summed E-state index contributed by atoms with van der Waals surface area (Å²) >= 11 is 12.1. The van der Waals surface area contributed by atoms with E-state index in [0.29, 0.717) is 26.9 Å². The normalized spacial score (nSPS) is 12.3. The van der Waals surface area contributed by atoms with Crippen molar-refractivity contribution >= 4 is 23.2 Å². The van der Waals surface area contributed by atoms with Crippen molar-refractivity contribution in [3.05, 3.63) is 63.1 Å². The van der Waals surface area contributed by atoms with Crippen molar-refractivity contribution in [3.63, 3.8) is 0 Å². The first-order valence-electron chi connectivity index (χ1n) is 5.81. The van der Waals surface area contributed by atoms with Gasteiger partial charge < -0.3 is 9.84 Å². The highest BCUT2D eigenvalue weighted by atomic mass is 35.5. The highest BCUT2D eigenvalue weighted by Gasteiger charge is 2.19.